The van der Waals surface area contributed by atoms with Crippen LogP contribution in [-0.4, -0.2) is 29.3 Å². The average molecular weight is 562 g/mol. The predicted octanol–water partition coefficient (Wildman–Crippen LogP) is 7.02. The quantitative estimate of drug-likeness (QED) is 0.314. The maximum Gasteiger partial charge on any atom is 0.387 e. The number of rotatable bonds is 7. The molecule has 3 aromatic carbocycles. The molecule has 1 aliphatic rings. The molecule has 0 fully saturated rings. The fourth-order valence-corrected chi connectivity index (χ4v) is 4.60. The Kier molecular flexibility index (Phi) is 8.48. The standard InChI is InChI=1S/C26H19Cl2F2N3O3S/c1-15-2-6-18(7-3-15)31-23(34)14-37-26-32-22(12-16-4-5-17(27)13-21(16)28)24(35)33(26)19-8-10-20(11-9-19)36-25(29)30/h2-13,25H,14H2,1H3,(H,31,34)/b22-12-. The van der Waals surface area contributed by atoms with Crippen molar-refractivity contribution in [2.75, 3.05) is 16.0 Å². The number of amides is 2. The number of amidine groups is 1. The Morgan fingerprint density at radius 3 is 2.46 bits per heavy atom. The second-order valence-corrected chi connectivity index (χ2v) is 9.59. The van der Waals surface area contributed by atoms with Crippen LogP contribution in [-0.2, 0) is 9.59 Å². The fraction of sp³-hybridized carbons (Fsp3) is 0.115. The van der Waals surface area contributed by atoms with Gasteiger partial charge >= 0.3 is 6.61 Å². The number of aliphatic imine (C=N–C) groups is 1. The number of carbonyl (C=O) groups excluding carboxylic acids is 2. The van der Waals surface area contributed by atoms with Gasteiger partial charge in [0.1, 0.15) is 11.4 Å². The van der Waals surface area contributed by atoms with Gasteiger partial charge in [0.2, 0.25) is 5.91 Å². The van der Waals surface area contributed by atoms with Crippen molar-refractivity contribution in [2.45, 2.75) is 13.5 Å². The van der Waals surface area contributed by atoms with Gasteiger partial charge in [0.25, 0.3) is 5.91 Å². The second-order valence-electron chi connectivity index (χ2n) is 7.81. The average Bonchev–Trinajstić information content (AvgIpc) is 3.16. The number of halogens is 4. The summed E-state index contributed by atoms with van der Waals surface area (Å²) in [6, 6.07) is 17.7. The van der Waals surface area contributed by atoms with Gasteiger partial charge < -0.3 is 10.1 Å². The normalized spacial score (nSPS) is 14.3. The van der Waals surface area contributed by atoms with E-state index in [0.29, 0.717) is 27.0 Å². The lowest BCUT2D eigenvalue weighted by Crippen LogP contribution is -2.31. The molecule has 4 rings (SSSR count). The van der Waals surface area contributed by atoms with Gasteiger partial charge in [0.05, 0.1) is 11.4 Å². The molecule has 0 atom stereocenters. The zero-order valence-corrected chi connectivity index (χ0v) is 21.6. The number of thioether (sulfide) groups is 1. The molecule has 2 amide bonds. The zero-order chi connectivity index (χ0) is 26.5. The molecular weight excluding hydrogens is 543 g/mol. The van der Waals surface area contributed by atoms with E-state index in [2.05, 4.69) is 15.0 Å². The lowest BCUT2D eigenvalue weighted by atomic mass is 10.2. The molecule has 11 heteroatoms. The molecule has 1 N–H and O–H groups in total. The van der Waals surface area contributed by atoms with Crippen molar-refractivity contribution in [1.29, 1.82) is 0 Å². The molecule has 0 radical (unpaired) electrons. The van der Waals surface area contributed by atoms with Crippen LogP contribution in [0.1, 0.15) is 11.1 Å². The van der Waals surface area contributed by atoms with Crippen molar-refractivity contribution in [3.05, 3.63) is 93.6 Å². The SMILES string of the molecule is Cc1ccc(NC(=O)CSC2=N/C(=C\c3ccc(Cl)cc3Cl)C(=O)N2c2ccc(OC(F)F)cc2)cc1. The van der Waals surface area contributed by atoms with Gasteiger partial charge in [-0.1, -0.05) is 58.7 Å². The number of anilines is 2. The molecule has 1 aliphatic heterocycles. The van der Waals surface area contributed by atoms with Crippen LogP contribution in [0.5, 0.6) is 5.75 Å². The van der Waals surface area contributed by atoms with Crippen molar-refractivity contribution in [1.82, 2.24) is 0 Å². The first-order valence-corrected chi connectivity index (χ1v) is 12.6. The predicted molar refractivity (Wildman–Crippen MR) is 145 cm³/mol. The first-order chi connectivity index (χ1) is 17.7. The maximum absolute atomic E-state index is 13.3. The van der Waals surface area contributed by atoms with Crippen LogP contribution >= 0.6 is 35.0 Å². The molecule has 3 aromatic rings. The first-order valence-electron chi connectivity index (χ1n) is 10.8. The van der Waals surface area contributed by atoms with E-state index in [0.717, 1.165) is 17.3 Å². The summed E-state index contributed by atoms with van der Waals surface area (Å²) in [5, 5.41) is 3.81. The zero-order valence-electron chi connectivity index (χ0n) is 19.3. The highest BCUT2D eigenvalue weighted by Crippen LogP contribution is 2.32. The third-order valence-electron chi connectivity index (χ3n) is 5.07. The van der Waals surface area contributed by atoms with Crippen LogP contribution in [0, 0.1) is 6.92 Å². The van der Waals surface area contributed by atoms with Crippen LogP contribution in [0.2, 0.25) is 10.0 Å². The van der Waals surface area contributed by atoms with Crippen molar-refractivity contribution < 1.29 is 23.1 Å². The van der Waals surface area contributed by atoms with Gasteiger partial charge in [-0.05, 0) is 67.1 Å². The van der Waals surface area contributed by atoms with Gasteiger partial charge in [0, 0.05) is 15.7 Å². The van der Waals surface area contributed by atoms with Gasteiger partial charge in [-0.3, -0.25) is 14.5 Å². The summed E-state index contributed by atoms with van der Waals surface area (Å²) in [6.45, 7) is -1.03. The lowest BCUT2D eigenvalue weighted by Gasteiger charge is -2.18. The molecule has 0 spiro atoms. The molecule has 1 heterocycles. The minimum atomic E-state index is -2.97. The molecule has 190 valence electrons. The Morgan fingerprint density at radius 2 is 1.81 bits per heavy atom. The Balaban J connectivity index is 1.59. The Morgan fingerprint density at radius 1 is 1.11 bits per heavy atom. The minimum Gasteiger partial charge on any atom is -0.435 e. The number of alkyl halides is 2. The molecule has 0 bridgehead atoms. The maximum atomic E-state index is 13.3. The molecule has 0 aliphatic carbocycles. The fourth-order valence-electron chi connectivity index (χ4n) is 3.33. The highest BCUT2D eigenvalue weighted by atomic mass is 35.5. The molecule has 0 unspecified atom stereocenters. The van der Waals surface area contributed by atoms with Crippen LogP contribution < -0.4 is 15.0 Å². The Hall–Kier alpha value is -3.40. The summed E-state index contributed by atoms with van der Waals surface area (Å²) in [4.78, 5) is 31.6. The number of hydrogen-bond donors (Lipinski definition) is 1. The van der Waals surface area contributed by atoms with Crippen molar-refractivity contribution in [2.24, 2.45) is 4.99 Å². The van der Waals surface area contributed by atoms with E-state index in [9.17, 15) is 18.4 Å². The largest absolute Gasteiger partial charge is 0.435 e. The highest BCUT2D eigenvalue weighted by Gasteiger charge is 2.32. The summed E-state index contributed by atoms with van der Waals surface area (Å²) < 4.78 is 29.5. The first kappa shape index (κ1) is 26.7. The number of nitrogens with one attached hydrogen (secondary N) is 1. The topological polar surface area (TPSA) is 71.0 Å². The van der Waals surface area contributed by atoms with E-state index >= 15 is 0 Å². The monoisotopic (exact) mass is 561 g/mol. The molecule has 0 saturated carbocycles. The molecule has 37 heavy (non-hydrogen) atoms. The summed E-state index contributed by atoms with van der Waals surface area (Å²) in [6.07, 6.45) is 1.52. The number of ether oxygens (including phenoxy) is 1. The third kappa shape index (κ3) is 6.88. The van der Waals surface area contributed by atoms with Gasteiger partial charge in [-0.25, -0.2) is 4.99 Å². The summed E-state index contributed by atoms with van der Waals surface area (Å²) in [5.74, 6) is -0.853. The second kappa shape index (κ2) is 11.8. The van der Waals surface area contributed by atoms with E-state index in [-0.39, 0.29) is 28.3 Å². The van der Waals surface area contributed by atoms with Gasteiger partial charge in [-0.2, -0.15) is 8.78 Å². The van der Waals surface area contributed by atoms with E-state index in [1.807, 2.05) is 19.1 Å². The number of carbonyl (C=O) groups is 2. The number of benzene rings is 3. The molecule has 6 nitrogen and oxygen atoms in total. The van der Waals surface area contributed by atoms with E-state index < -0.39 is 12.5 Å². The molecular formula is C26H19Cl2F2N3O3S. The van der Waals surface area contributed by atoms with Crippen LogP contribution in [0.3, 0.4) is 0 Å². The summed E-state index contributed by atoms with van der Waals surface area (Å²) in [7, 11) is 0. The molecule has 0 saturated heterocycles. The Bertz CT molecular complexity index is 1380. The van der Waals surface area contributed by atoms with Crippen molar-refractivity contribution in [3.63, 3.8) is 0 Å². The van der Waals surface area contributed by atoms with E-state index in [4.69, 9.17) is 23.2 Å². The highest BCUT2D eigenvalue weighted by molar-refractivity contribution is 8.14. The van der Waals surface area contributed by atoms with E-state index in [1.54, 1.807) is 30.3 Å². The van der Waals surface area contributed by atoms with Gasteiger partial charge in [0.15, 0.2) is 5.17 Å². The molecule has 0 aromatic heterocycles. The lowest BCUT2D eigenvalue weighted by molar-refractivity contribution is -0.114. The summed E-state index contributed by atoms with van der Waals surface area (Å²) >= 11 is 13.3. The van der Waals surface area contributed by atoms with Crippen molar-refractivity contribution in [3.8, 4) is 5.75 Å². The number of nitrogens with zero attached hydrogens (tertiary/aromatic N) is 2. The van der Waals surface area contributed by atoms with E-state index in [1.165, 1.54) is 35.2 Å². The van der Waals surface area contributed by atoms with Crippen LogP contribution in [0.25, 0.3) is 6.08 Å². The third-order valence-corrected chi connectivity index (χ3v) is 6.57. The Labute approximate surface area is 225 Å². The minimum absolute atomic E-state index is 0.0297. The number of hydrogen-bond acceptors (Lipinski definition) is 5. The van der Waals surface area contributed by atoms with Crippen LogP contribution in [0.15, 0.2) is 77.4 Å². The number of aryl methyl sites for hydroxylation is 1. The smallest absolute Gasteiger partial charge is 0.387 e. The van der Waals surface area contributed by atoms with Crippen molar-refractivity contribution >= 4 is 69.4 Å². The van der Waals surface area contributed by atoms with Crippen LogP contribution in [0.4, 0.5) is 20.2 Å². The summed E-state index contributed by atoms with van der Waals surface area (Å²) in [5.41, 5.74) is 2.68. The van der Waals surface area contributed by atoms with Gasteiger partial charge in [-0.15, -0.1) is 0 Å².